The van der Waals surface area contributed by atoms with Gasteiger partial charge in [0.05, 0.1) is 6.61 Å². The van der Waals surface area contributed by atoms with Crippen LogP contribution in [0.4, 0.5) is 0 Å². The van der Waals surface area contributed by atoms with E-state index in [0.29, 0.717) is 13.2 Å². The number of halogens is 1. The number of rotatable bonds is 5. The smallest absolute Gasteiger partial charge is 0.323 e. The largest absolute Gasteiger partial charge is 0.465 e. The molecule has 1 saturated heterocycles. The highest BCUT2D eigenvalue weighted by Gasteiger charge is 2.37. The van der Waals surface area contributed by atoms with Gasteiger partial charge >= 0.3 is 5.97 Å². The van der Waals surface area contributed by atoms with Crippen LogP contribution in [0.15, 0.2) is 0 Å². The monoisotopic (exact) mass is 264 g/mol. The van der Waals surface area contributed by atoms with Crippen LogP contribution in [0.25, 0.3) is 0 Å². The van der Waals surface area contributed by atoms with Crippen molar-refractivity contribution < 1.29 is 9.53 Å². The molecule has 1 rings (SSSR count). The van der Waals surface area contributed by atoms with Crippen molar-refractivity contribution in [2.45, 2.75) is 39.7 Å². The normalized spacial score (nSPS) is 26.4. The Hall–Kier alpha value is -0.320. The van der Waals surface area contributed by atoms with Gasteiger partial charge in [-0.15, -0.1) is 12.4 Å². The van der Waals surface area contributed by atoms with E-state index in [1.54, 1.807) is 0 Å². The van der Waals surface area contributed by atoms with Crippen molar-refractivity contribution in [3.63, 3.8) is 0 Å². The van der Waals surface area contributed by atoms with Gasteiger partial charge in [-0.25, -0.2) is 0 Å². The van der Waals surface area contributed by atoms with Crippen molar-refractivity contribution >= 4 is 18.4 Å². The minimum absolute atomic E-state index is 0. The number of ether oxygens (including phenoxy) is 1. The molecule has 0 radical (unpaired) electrons. The Balaban J connectivity index is 0.00000256. The first-order valence-corrected chi connectivity index (χ1v) is 6.17. The summed E-state index contributed by atoms with van der Waals surface area (Å²) in [6, 6.07) is -0.0895. The van der Waals surface area contributed by atoms with Gasteiger partial charge in [0, 0.05) is 6.54 Å². The molecule has 1 heterocycles. The van der Waals surface area contributed by atoms with Crippen LogP contribution in [0.5, 0.6) is 0 Å². The molecule has 0 spiro atoms. The third-order valence-corrected chi connectivity index (χ3v) is 3.47. The van der Waals surface area contributed by atoms with Gasteiger partial charge < -0.3 is 10.5 Å². The summed E-state index contributed by atoms with van der Waals surface area (Å²) in [7, 11) is 0. The van der Waals surface area contributed by atoms with Crippen LogP contribution >= 0.6 is 12.4 Å². The molecule has 1 aliphatic rings. The highest BCUT2D eigenvalue weighted by atomic mass is 35.5. The molecule has 5 heteroatoms. The van der Waals surface area contributed by atoms with Gasteiger partial charge in [-0.05, 0) is 38.3 Å². The zero-order chi connectivity index (χ0) is 12.2. The van der Waals surface area contributed by atoms with E-state index < -0.39 is 0 Å². The second-order valence-corrected chi connectivity index (χ2v) is 4.91. The minimum atomic E-state index is -0.0914. The summed E-state index contributed by atoms with van der Waals surface area (Å²) in [5.41, 5.74) is 5.93. The van der Waals surface area contributed by atoms with E-state index in [9.17, 15) is 4.79 Å². The molecule has 102 valence electrons. The van der Waals surface area contributed by atoms with Gasteiger partial charge in [-0.3, -0.25) is 9.69 Å². The van der Waals surface area contributed by atoms with Gasteiger partial charge in [0.25, 0.3) is 0 Å². The van der Waals surface area contributed by atoms with Crippen molar-refractivity contribution in [2.24, 2.45) is 11.1 Å². The van der Waals surface area contributed by atoms with Crippen LogP contribution in [0.1, 0.15) is 33.6 Å². The molecule has 2 unspecified atom stereocenters. The fraction of sp³-hybridized carbons (Fsp3) is 0.917. The number of carbonyl (C=O) groups excluding carboxylic acids is 1. The quantitative estimate of drug-likeness (QED) is 0.763. The predicted octanol–water partition coefficient (Wildman–Crippen LogP) is 1.42. The first-order chi connectivity index (χ1) is 7.56. The molecule has 0 aromatic rings. The van der Waals surface area contributed by atoms with E-state index in [0.717, 1.165) is 25.9 Å². The Labute approximate surface area is 110 Å². The number of nitrogens with two attached hydrogens (primary N) is 1. The summed E-state index contributed by atoms with van der Waals surface area (Å²) in [6.45, 7) is 9.05. The molecule has 17 heavy (non-hydrogen) atoms. The molecule has 0 aromatic carbocycles. The maximum Gasteiger partial charge on any atom is 0.323 e. The SMILES string of the molecule is CCOC(=O)C(CC)N1CCC(C)(CN)C1.Cl. The molecule has 0 amide bonds. The second kappa shape index (κ2) is 7.19. The molecule has 0 aliphatic carbocycles. The Bertz CT molecular complexity index is 251. The van der Waals surface area contributed by atoms with E-state index in [1.807, 2.05) is 13.8 Å². The molecule has 0 bridgehead atoms. The van der Waals surface area contributed by atoms with Gasteiger partial charge in [-0.1, -0.05) is 13.8 Å². The molecule has 0 saturated carbocycles. The summed E-state index contributed by atoms with van der Waals surface area (Å²) in [4.78, 5) is 14.0. The van der Waals surface area contributed by atoms with Crippen molar-refractivity contribution in [1.82, 2.24) is 4.90 Å². The highest BCUT2D eigenvalue weighted by Crippen LogP contribution is 2.30. The Morgan fingerprint density at radius 2 is 2.18 bits per heavy atom. The van der Waals surface area contributed by atoms with Gasteiger partial charge in [0.2, 0.25) is 0 Å². The molecule has 2 N–H and O–H groups in total. The number of likely N-dealkylation sites (tertiary alicyclic amines) is 1. The third-order valence-electron chi connectivity index (χ3n) is 3.47. The number of nitrogens with zero attached hydrogens (tertiary/aromatic N) is 1. The van der Waals surface area contributed by atoms with Crippen molar-refractivity contribution in [1.29, 1.82) is 0 Å². The zero-order valence-corrected chi connectivity index (χ0v) is 11.9. The predicted molar refractivity (Wildman–Crippen MR) is 71.3 cm³/mol. The summed E-state index contributed by atoms with van der Waals surface area (Å²) in [6.07, 6.45) is 1.87. The summed E-state index contributed by atoms with van der Waals surface area (Å²) < 4.78 is 5.10. The lowest BCUT2D eigenvalue weighted by atomic mass is 9.90. The molecular formula is C12H25ClN2O2. The summed E-state index contributed by atoms with van der Waals surface area (Å²) in [5.74, 6) is -0.0914. The van der Waals surface area contributed by atoms with E-state index in [-0.39, 0.29) is 29.8 Å². The lowest BCUT2D eigenvalue weighted by Gasteiger charge is -2.27. The molecule has 0 aromatic heterocycles. The Morgan fingerprint density at radius 3 is 2.59 bits per heavy atom. The first kappa shape index (κ1) is 16.7. The maximum atomic E-state index is 11.8. The first-order valence-electron chi connectivity index (χ1n) is 6.17. The van der Waals surface area contributed by atoms with E-state index in [4.69, 9.17) is 10.5 Å². The fourth-order valence-corrected chi connectivity index (χ4v) is 2.31. The van der Waals surface area contributed by atoms with Gasteiger partial charge in [-0.2, -0.15) is 0 Å². The lowest BCUT2D eigenvalue weighted by Crippen LogP contribution is -2.42. The molecule has 4 nitrogen and oxygen atoms in total. The molecule has 1 fully saturated rings. The van der Waals surface area contributed by atoms with Crippen LogP contribution < -0.4 is 5.73 Å². The second-order valence-electron chi connectivity index (χ2n) is 4.91. The van der Waals surface area contributed by atoms with Gasteiger partial charge in [0.15, 0.2) is 0 Å². The van der Waals surface area contributed by atoms with Crippen LogP contribution in [0, 0.1) is 5.41 Å². The zero-order valence-electron chi connectivity index (χ0n) is 11.1. The molecular weight excluding hydrogens is 240 g/mol. The Morgan fingerprint density at radius 1 is 1.53 bits per heavy atom. The average Bonchev–Trinajstić information content (AvgIpc) is 2.64. The van der Waals surface area contributed by atoms with Crippen molar-refractivity contribution in [3.05, 3.63) is 0 Å². The molecule has 2 atom stereocenters. The summed E-state index contributed by atoms with van der Waals surface area (Å²) >= 11 is 0. The number of esters is 1. The maximum absolute atomic E-state index is 11.8. The third kappa shape index (κ3) is 4.12. The van der Waals surface area contributed by atoms with Crippen molar-refractivity contribution in [2.75, 3.05) is 26.2 Å². The lowest BCUT2D eigenvalue weighted by molar-refractivity contribution is -0.149. The standard InChI is InChI=1S/C12H24N2O2.ClH/c1-4-10(11(15)16-5-2)14-7-6-12(3,8-13)9-14;/h10H,4-9,13H2,1-3H3;1H. The van der Waals surface area contributed by atoms with Crippen LogP contribution in [-0.2, 0) is 9.53 Å². The van der Waals surface area contributed by atoms with E-state index in [1.165, 1.54) is 0 Å². The van der Waals surface area contributed by atoms with E-state index >= 15 is 0 Å². The molecule has 1 aliphatic heterocycles. The minimum Gasteiger partial charge on any atom is -0.465 e. The number of hydrogen-bond donors (Lipinski definition) is 1. The summed E-state index contributed by atoms with van der Waals surface area (Å²) in [5, 5.41) is 0. The number of hydrogen-bond acceptors (Lipinski definition) is 4. The fourth-order valence-electron chi connectivity index (χ4n) is 2.31. The van der Waals surface area contributed by atoms with E-state index in [2.05, 4.69) is 11.8 Å². The van der Waals surface area contributed by atoms with Crippen LogP contribution in [-0.4, -0.2) is 43.2 Å². The Kier molecular flexibility index (Phi) is 7.05. The topological polar surface area (TPSA) is 55.6 Å². The highest BCUT2D eigenvalue weighted by molar-refractivity contribution is 5.85. The van der Waals surface area contributed by atoms with Crippen LogP contribution in [0.2, 0.25) is 0 Å². The van der Waals surface area contributed by atoms with Crippen molar-refractivity contribution in [3.8, 4) is 0 Å². The average molecular weight is 265 g/mol. The van der Waals surface area contributed by atoms with Crippen LogP contribution in [0.3, 0.4) is 0 Å². The van der Waals surface area contributed by atoms with Gasteiger partial charge in [0.1, 0.15) is 6.04 Å². The number of carbonyl (C=O) groups is 1.